The van der Waals surface area contributed by atoms with Crippen LogP contribution in [-0.4, -0.2) is 37.1 Å². The van der Waals surface area contributed by atoms with E-state index in [0.717, 1.165) is 18.4 Å². The summed E-state index contributed by atoms with van der Waals surface area (Å²) in [5, 5.41) is 2.80. The number of nitrogens with zero attached hydrogens (tertiary/aromatic N) is 1. The van der Waals surface area contributed by atoms with Crippen LogP contribution in [0.25, 0.3) is 0 Å². The first-order valence-electron chi connectivity index (χ1n) is 7.99. The van der Waals surface area contributed by atoms with Crippen LogP contribution < -0.4 is 10.1 Å². The molecule has 1 heterocycles. The Balaban J connectivity index is 2.01. The molecule has 0 aromatic carbocycles. The third kappa shape index (κ3) is 4.94. The zero-order chi connectivity index (χ0) is 16.7. The first-order chi connectivity index (χ1) is 11.1. The van der Waals surface area contributed by atoms with Gasteiger partial charge in [-0.15, -0.1) is 0 Å². The average molecular weight is 320 g/mol. The fraction of sp³-hybridized carbons (Fsp3) is 0.588. The second kappa shape index (κ2) is 8.50. The van der Waals surface area contributed by atoms with Gasteiger partial charge in [-0.25, -0.2) is 9.78 Å². The lowest BCUT2D eigenvalue weighted by Gasteiger charge is -2.18. The molecule has 6 heteroatoms. The number of carbonyl (C=O) groups is 2. The topological polar surface area (TPSA) is 77.5 Å². The number of rotatable bonds is 7. The summed E-state index contributed by atoms with van der Waals surface area (Å²) in [5.41, 5.74) is 0.756. The zero-order valence-corrected chi connectivity index (χ0v) is 13.7. The normalized spacial score (nSPS) is 15.9. The van der Waals surface area contributed by atoms with Crippen molar-refractivity contribution in [3.63, 3.8) is 0 Å². The van der Waals surface area contributed by atoms with Crippen molar-refractivity contribution in [1.82, 2.24) is 10.3 Å². The van der Waals surface area contributed by atoms with Crippen molar-refractivity contribution in [1.29, 1.82) is 0 Å². The second-order valence-corrected chi connectivity index (χ2v) is 5.87. The van der Waals surface area contributed by atoms with Crippen LogP contribution in [0.4, 0.5) is 0 Å². The van der Waals surface area contributed by atoms with Crippen molar-refractivity contribution in [2.24, 2.45) is 5.92 Å². The molecule has 0 bridgehead atoms. The van der Waals surface area contributed by atoms with E-state index in [9.17, 15) is 9.59 Å². The van der Waals surface area contributed by atoms with Crippen molar-refractivity contribution >= 4 is 11.9 Å². The SMILES string of the molecule is COC(=O)[C@@H](Cc1cccnc1OC)NC(=O)CC1CCCC1. The summed E-state index contributed by atoms with van der Waals surface area (Å²) in [4.78, 5) is 28.3. The van der Waals surface area contributed by atoms with E-state index in [1.807, 2.05) is 6.07 Å². The summed E-state index contributed by atoms with van der Waals surface area (Å²) in [6, 6.07) is 2.87. The molecule has 0 saturated heterocycles. The highest BCUT2D eigenvalue weighted by molar-refractivity contribution is 5.84. The average Bonchev–Trinajstić information content (AvgIpc) is 3.06. The maximum atomic E-state index is 12.2. The Morgan fingerprint density at radius 3 is 2.74 bits per heavy atom. The van der Waals surface area contributed by atoms with Crippen LogP contribution in [0.5, 0.6) is 5.88 Å². The second-order valence-electron chi connectivity index (χ2n) is 5.87. The molecule has 6 nitrogen and oxygen atoms in total. The number of methoxy groups -OCH3 is 2. The molecule has 0 aliphatic heterocycles. The lowest BCUT2D eigenvalue weighted by atomic mass is 10.0. The van der Waals surface area contributed by atoms with Gasteiger partial charge >= 0.3 is 5.97 Å². The fourth-order valence-electron chi connectivity index (χ4n) is 3.05. The largest absolute Gasteiger partial charge is 0.481 e. The fourth-order valence-corrected chi connectivity index (χ4v) is 3.05. The zero-order valence-electron chi connectivity index (χ0n) is 13.7. The number of carbonyl (C=O) groups excluding carboxylic acids is 2. The van der Waals surface area contributed by atoms with E-state index in [1.54, 1.807) is 12.3 Å². The summed E-state index contributed by atoms with van der Waals surface area (Å²) < 4.78 is 10.0. The van der Waals surface area contributed by atoms with Gasteiger partial charge in [0.2, 0.25) is 11.8 Å². The lowest BCUT2D eigenvalue weighted by molar-refractivity contribution is -0.145. The van der Waals surface area contributed by atoms with Gasteiger partial charge in [0.25, 0.3) is 0 Å². The van der Waals surface area contributed by atoms with E-state index < -0.39 is 12.0 Å². The van der Waals surface area contributed by atoms with Crippen LogP contribution in [0, 0.1) is 5.92 Å². The maximum absolute atomic E-state index is 12.2. The lowest BCUT2D eigenvalue weighted by Crippen LogP contribution is -2.43. The molecule has 1 amide bonds. The van der Waals surface area contributed by atoms with Crippen molar-refractivity contribution < 1.29 is 19.1 Å². The van der Waals surface area contributed by atoms with E-state index in [1.165, 1.54) is 27.1 Å². The molecular formula is C17H24N2O4. The molecule has 0 spiro atoms. The van der Waals surface area contributed by atoms with Gasteiger partial charge in [0.05, 0.1) is 14.2 Å². The van der Waals surface area contributed by atoms with Gasteiger partial charge in [0.1, 0.15) is 6.04 Å². The molecule has 2 rings (SSSR count). The predicted molar refractivity (Wildman–Crippen MR) is 85.0 cm³/mol. The van der Waals surface area contributed by atoms with Gasteiger partial charge < -0.3 is 14.8 Å². The third-order valence-electron chi connectivity index (χ3n) is 4.24. The minimum absolute atomic E-state index is 0.102. The Labute approximate surface area is 136 Å². The molecule has 1 atom stereocenters. The summed E-state index contributed by atoms with van der Waals surface area (Å²) >= 11 is 0. The molecule has 1 N–H and O–H groups in total. The van der Waals surface area contributed by atoms with Gasteiger partial charge in [-0.2, -0.15) is 0 Å². The highest BCUT2D eigenvalue weighted by Gasteiger charge is 2.25. The number of ether oxygens (including phenoxy) is 2. The predicted octanol–water partition coefficient (Wildman–Crippen LogP) is 1.87. The van der Waals surface area contributed by atoms with Crippen molar-refractivity contribution in [2.45, 2.75) is 44.6 Å². The molecule has 126 valence electrons. The molecule has 1 fully saturated rings. The Bertz CT molecular complexity index is 541. The molecule has 1 aromatic heterocycles. The van der Waals surface area contributed by atoms with Crippen molar-refractivity contribution in [3.05, 3.63) is 23.9 Å². The summed E-state index contributed by atoms with van der Waals surface area (Å²) in [6.07, 6.45) is 6.93. The van der Waals surface area contributed by atoms with Crippen LogP contribution in [0.15, 0.2) is 18.3 Å². The van der Waals surface area contributed by atoms with Gasteiger partial charge in [-0.3, -0.25) is 4.79 Å². The molecule has 1 aliphatic carbocycles. The van der Waals surface area contributed by atoms with E-state index in [-0.39, 0.29) is 5.91 Å². The summed E-state index contributed by atoms with van der Waals surface area (Å²) in [5.74, 6) is 0.318. The van der Waals surface area contributed by atoms with Crippen LogP contribution in [-0.2, 0) is 20.7 Å². The molecule has 1 saturated carbocycles. The Kier molecular flexibility index (Phi) is 6.38. The van der Waals surface area contributed by atoms with E-state index >= 15 is 0 Å². The Morgan fingerprint density at radius 1 is 1.35 bits per heavy atom. The minimum Gasteiger partial charge on any atom is -0.481 e. The first kappa shape index (κ1) is 17.2. The molecule has 23 heavy (non-hydrogen) atoms. The van der Waals surface area contributed by atoms with Crippen LogP contribution in [0.3, 0.4) is 0 Å². The number of esters is 1. The standard InChI is InChI=1S/C17H24N2O4/c1-22-16-13(8-5-9-18-16)11-14(17(21)23-2)19-15(20)10-12-6-3-4-7-12/h5,8-9,12,14H,3-4,6-7,10-11H2,1-2H3,(H,19,20)/t14-/m1/s1. The minimum atomic E-state index is -0.730. The molecular weight excluding hydrogens is 296 g/mol. The van der Waals surface area contributed by atoms with Gasteiger partial charge in [-0.05, 0) is 24.8 Å². The van der Waals surface area contributed by atoms with Gasteiger partial charge in [-0.1, -0.05) is 18.9 Å². The van der Waals surface area contributed by atoms with Gasteiger partial charge in [0.15, 0.2) is 0 Å². The highest BCUT2D eigenvalue weighted by Crippen LogP contribution is 2.27. The number of aromatic nitrogens is 1. The number of amides is 1. The van der Waals surface area contributed by atoms with Crippen LogP contribution in [0.2, 0.25) is 0 Å². The highest BCUT2D eigenvalue weighted by atomic mass is 16.5. The van der Waals surface area contributed by atoms with E-state index in [2.05, 4.69) is 10.3 Å². The molecule has 0 radical (unpaired) electrons. The number of nitrogens with one attached hydrogen (secondary N) is 1. The number of hydrogen-bond donors (Lipinski definition) is 1. The number of hydrogen-bond acceptors (Lipinski definition) is 5. The van der Waals surface area contributed by atoms with Gasteiger partial charge in [0, 0.05) is 24.6 Å². The Hall–Kier alpha value is -2.11. The Morgan fingerprint density at radius 2 is 2.09 bits per heavy atom. The summed E-state index contributed by atoms with van der Waals surface area (Å²) in [7, 11) is 2.84. The monoisotopic (exact) mass is 320 g/mol. The van der Waals surface area contributed by atoms with Crippen LogP contribution >= 0.6 is 0 Å². The van der Waals surface area contributed by atoms with E-state index in [0.29, 0.717) is 24.6 Å². The van der Waals surface area contributed by atoms with Crippen molar-refractivity contribution in [2.75, 3.05) is 14.2 Å². The third-order valence-corrected chi connectivity index (χ3v) is 4.24. The molecule has 1 aliphatic rings. The van der Waals surface area contributed by atoms with Crippen LogP contribution in [0.1, 0.15) is 37.7 Å². The quantitative estimate of drug-likeness (QED) is 0.776. The summed E-state index contributed by atoms with van der Waals surface area (Å²) in [6.45, 7) is 0. The molecule has 1 aromatic rings. The smallest absolute Gasteiger partial charge is 0.328 e. The maximum Gasteiger partial charge on any atom is 0.328 e. The first-order valence-corrected chi connectivity index (χ1v) is 7.99. The van der Waals surface area contributed by atoms with E-state index in [4.69, 9.17) is 9.47 Å². The number of pyridine rings is 1. The molecule has 0 unspecified atom stereocenters. The van der Waals surface area contributed by atoms with Crippen molar-refractivity contribution in [3.8, 4) is 5.88 Å².